The van der Waals surface area contributed by atoms with Crippen LogP contribution in [0, 0.1) is 0 Å². The average molecular weight is 273 g/mol. The van der Waals surface area contributed by atoms with Gasteiger partial charge in [-0.25, -0.2) is 10.8 Å². The van der Waals surface area contributed by atoms with Gasteiger partial charge in [0.2, 0.25) is 0 Å². The minimum atomic E-state index is -0.239. The van der Waals surface area contributed by atoms with Gasteiger partial charge in [0.05, 0.1) is 11.6 Å². The van der Waals surface area contributed by atoms with Crippen molar-refractivity contribution in [3.8, 4) is 0 Å². The van der Waals surface area contributed by atoms with Gasteiger partial charge in [-0.2, -0.15) is 0 Å². The third kappa shape index (κ3) is 3.56. The normalized spacial score (nSPS) is 10.2. The Hall–Kier alpha value is -1.37. The maximum Gasteiger partial charge on any atom is 0.274 e. The van der Waals surface area contributed by atoms with E-state index in [1.165, 1.54) is 0 Å². The van der Waals surface area contributed by atoms with Gasteiger partial charge in [-0.1, -0.05) is 11.6 Å². The first kappa shape index (κ1) is 14.7. The summed E-state index contributed by atoms with van der Waals surface area (Å²) in [6.07, 6.45) is 0. The third-order valence-corrected chi connectivity index (χ3v) is 2.74. The standard InChI is InChI=1S/C11H17ClN4O2/c1-3-16(6-7-18-2)11(17)10-8(12)4-5-9(14-10)15-13/h4-5H,3,6-7,13H2,1-2H3,(H,14,15). The zero-order valence-corrected chi connectivity index (χ0v) is 11.2. The molecule has 0 unspecified atom stereocenters. The van der Waals surface area contributed by atoms with Crippen LogP contribution in [0.25, 0.3) is 0 Å². The van der Waals surface area contributed by atoms with Gasteiger partial charge in [0.1, 0.15) is 11.5 Å². The summed E-state index contributed by atoms with van der Waals surface area (Å²) in [7, 11) is 1.59. The summed E-state index contributed by atoms with van der Waals surface area (Å²) in [4.78, 5) is 17.9. The SMILES string of the molecule is CCN(CCOC)C(=O)c1nc(NN)ccc1Cl. The minimum Gasteiger partial charge on any atom is -0.383 e. The Labute approximate surface area is 111 Å². The Morgan fingerprint density at radius 2 is 2.33 bits per heavy atom. The molecule has 0 aliphatic rings. The molecule has 0 radical (unpaired) electrons. The number of ether oxygens (including phenoxy) is 1. The van der Waals surface area contributed by atoms with E-state index < -0.39 is 0 Å². The van der Waals surface area contributed by atoms with Crippen LogP contribution in [0.2, 0.25) is 5.02 Å². The number of anilines is 1. The Balaban J connectivity index is 2.93. The van der Waals surface area contributed by atoms with Gasteiger partial charge < -0.3 is 15.1 Å². The van der Waals surface area contributed by atoms with Crippen LogP contribution >= 0.6 is 11.6 Å². The molecule has 1 heterocycles. The number of nitrogen functional groups attached to an aromatic ring is 1. The number of pyridine rings is 1. The number of nitrogens with two attached hydrogens (primary N) is 1. The Kier molecular flexibility index (Phi) is 5.84. The highest BCUT2D eigenvalue weighted by Crippen LogP contribution is 2.18. The van der Waals surface area contributed by atoms with Crippen LogP contribution in [-0.2, 0) is 4.74 Å². The van der Waals surface area contributed by atoms with Crippen LogP contribution in [0.3, 0.4) is 0 Å². The fourth-order valence-electron chi connectivity index (χ4n) is 1.43. The molecule has 0 aromatic carbocycles. The van der Waals surface area contributed by atoms with E-state index in [-0.39, 0.29) is 11.6 Å². The molecule has 1 amide bonds. The van der Waals surface area contributed by atoms with Crippen LogP contribution in [0.1, 0.15) is 17.4 Å². The lowest BCUT2D eigenvalue weighted by molar-refractivity contribution is 0.0701. The molecule has 7 heteroatoms. The molecule has 3 N–H and O–H groups in total. The lowest BCUT2D eigenvalue weighted by Crippen LogP contribution is -2.34. The van der Waals surface area contributed by atoms with Gasteiger partial charge >= 0.3 is 0 Å². The first-order chi connectivity index (χ1) is 8.63. The molecule has 18 heavy (non-hydrogen) atoms. The highest BCUT2D eigenvalue weighted by molar-refractivity contribution is 6.33. The van der Waals surface area contributed by atoms with Crippen molar-refractivity contribution in [3.63, 3.8) is 0 Å². The van der Waals surface area contributed by atoms with Crippen molar-refractivity contribution in [2.24, 2.45) is 5.84 Å². The zero-order chi connectivity index (χ0) is 13.5. The predicted molar refractivity (Wildman–Crippen MR) is 70.5 cm³/mol. The number of methoxy groups -OCH3 is 1. The monoisotopic (exact) mass is 272 g/mol. The highest BCUT2D eigenvalue weighted by Gasteiger charge is 2.19. The smallest absolute Gasteiger partial charge is 0.274 e. The van der Waals surface area contributed by atoms with Gasteiger partial charge in [-0.05, 0) is 19.1 Å². The first-order valence-corrected chi connectivity index (χ1v) is 5.93. The van der Waals surface area contributed by atoms with Crippen LogP contribution in [0.15, 0.2) is 12.1 Å². The van der Waals surface area contributed by atoms with Crippen LogP contribution in [0.4, 0.5) is 5.82 Å². The molecule has 0 aliphatic carbocycles. The molecule has 1 rings (SSSR count). The molecule has 100 valence electrons. The van der Waals surface area contributed by atoms with E-state index in [0.717, 1.165) is 0 Å². The number of hydrogen-bond donors (Lipinski definition) is 2. The van der Waals surface area contributed by atoms with Crippen molar-refractivity contribution in [2.75, 3.05) is 32.2 Å². The molecule has 1 aromatic rings. The molecule has 0 saturated carbocycles. The van der Waals surface area contributed by atoms with Crippen molar-refractivity contribution < 1.29 is 9.53 Å². The highest BCUT2D eigenvalue weighted by atomic mass is 35.5. The molecule has 0 spiro atoms. The molecule has 0 aliphatic heterocycles. The Bertz CT molecular complexity index is 414. The number of likely N-dealkylation sites (N-methyl/N-ethyl adjacent to an activating group) is 1. The molecule has 0 atom stereocenters. The van der Waals surface area contributed by atoms with E-state index >= 15 is 0 Å². The largest absolute Gasteiger partial charge is 0.383 e. The summed E-state index contributed by atoms with van der Waals surface area (Å²) >= 11 is 5.97. The summed E-state index contributed by atoms with van der Waals surface area (Å²) in [5.74, 6) is 5.41. The van der Waals surface area contributed by atoms with Crippen molar-refractivity contribution in [3.05, 3.63) is 22.8 Å². The number of hydrogen-bond acceptors (Lipinski definition) is 5. The van der Waals surface area contributed by atoms with E-state index in [4.69, 9.17) is 22.2 Å². The maximum atomic E-state index is 12.2. The molecule has 0 fully saturated rings. The number of rotatable bonds is 6. The Morgan fingerprint density at radius 1 is 1.61 bits per heavy atom. The summed E-state index contributed by atoms with van der Waals surface area (Å²) in [5, 5.41) is 0.301. The van der Waals surface area contributed by atoms with Gasteiger partial charge in [0.25, 0.3) is 5.91 Å². The minimum absolute atomic E-state index is 0.185. The molecule has 1 aromatic heterocycles. The van der Waals surface area contributed by atoms with Gasteiger partial charge in [0, 0.05) is 20.2 Å². The summed E-state index contributed by atoms with van der Waals surface area (Å²) in [5.41, 5.74) is 2.57. The number of nitrogens with one attached hydrogen (secondary N) is 1. The van der Waals surface area contributed by atoms with E-state index in [9.17, 15) is 4.79 Å². The van der Waals surface area contributed by atoms with Gasteiger partial charge in [-0.3, -0.25) is 4.79 Å². The van der Waals surface area contributed by atoms with Crippen molar-refractivity contribution >= 4 is 23.3 Å². The number of aromatic nitrogens is 1. The number of carbonyl (C=O) groups excluding carboxylic acids is 1. The summed E-state index contributed by atoms with van der Waals surface area (Å²) < 4.78 is 4.96. The van der Waals surface area contributed by atoms with Crippen LogP contribution in [-0.4, -0.2) is 42.6 Å². The molecule has 6 nitrogen and oxygen atoms in total. The van der Waals surface area contributed by atoms with Crippen molar-refractivity contribution in [1.29, 1.82) is 0 Å². The second kappa shape index (κ2) is 7.15. The van der Waals surface area contributed by atoms with E-state index in [0.29, 0.717) is 30.5 Å². The lowest BCUT2D eigenvalue weighted by Gasteiger charge is -2.20. The number of carbonyl (C=O) groups is 1. The molecular formula is C11H17ClN4O2. The van der Waals surface area contributed by atoms with Crippen molar-refractivity contribution in [2.45, 2.75) is 6.92 Å². The first-order valence-electron chi connectivity index (χ1n) is 5.55. The van der Waals surface area contributed by atoms with E-state index in [1.54, 1.807) is 24.1 Å². The van der Waals surface area contributed by atoms with Gasteiger partial charge in [0.15, 0.2) is 0 Å². The number of hydrazine groups is 1. The van der Waals surface area contributed by atoms with E-state index in [1.807, 2.05) is 6.92 Å². The maximum absolute atomic E-state index is 12.2. The number of halogens is 1. The quantitative estimate of drug-likeness (QED) is 0.599. The van der Waals surface area contributed by atoms with Crippen molar-refractivity contribution in [1.82, 2.24) is 9.88 Å². The second-order valence-corrected chi connectivity index (χ2v) is 3.96. The zero-order valence-electron chi connectivity index (χ0n) is 10.4. The van der Waals surface area contributed by atoms with Gasteiger partial charge in [-0.15, -0.1) is 0 Å². The fourth-order valence-corrected chi connectivity index (χ4v) is 1.61. The second-order valence-electron chi connectivity index (χ2n) is 3.55. The molecule has 0 bridgehead atoms. The predicted octanol–water partition coefficient (Wildman–Crippen LogP) is 1.13. The molecular weight excluding hydrogens is 256 g/mol. The Morgan fingerprint density at radius 3 is 2.89 bits per heavy atom. The third-order valence-electron chi connectivity index (χ3n) is 2.43. The summed E-state index contributed by atoms with van der Waals surface area (Å²) in [6, 6.07) is 3.19. The average Bonchev–Trinajstić information content (AvgIpc) is 2.40. The number of nitrogens with zero attached hydrogens (tertiary/aromatic N) is 2. The number of amides is 1. The van der Waals surface area contributed by atoms with E-state index in [2.05, 4.69) is 10.4 Å². The van der Waals surface area contributed by atoms with Crippen LogP contribution in [0.5, 0.6) is 0 Å². The lowest BCUT2D eigenvalue weighted by atomic mass is 10.3. The fraction of sp³-hybridized carbons (Fsp3) is 0.455. The topological polar surface area (TPSA) is 80.5 Å². The molecule has 0 saturated heterocycles. The van der Waals surface area contributed by atoms with Crippen LogP contribution < -0.4 is 11.3 Å². The summed E-state index contributed by atoms with van der Waals surface area (Å²) in [6.45, 7) is 3.39.